The molecule has 0 radical (unpaired) electrons. The normalized spacial score (nSPS) is 15.0. The number of hydrogen-bond acceptors (Lipinski definition) is 2. The maximum absolute atomic E-state index is 10.2. The molecule has 1 aromatic heterocycles. The van der Waals surface area contributed by atoms with E-state index >= 15 is 0 Å². The van der Waals surface area contributed by atoms with E-state index < -0.39 is 0 Å². The number of rotatable bonds is 7. The molecule has 0 amide bonds. The van der Waals surface area contributed by atoms with Crippen LogP contribution in [0.3, 0.4) is 0 Å². The highest BCUT2D eigenvalue weighted by atomic mass is 79.9. The van der Waals surface area contributed by atoms with Crippen molar-refractivity contribution in [2.45, 2.75) is 52.1 Å². The molecule has 0 aliphatic carbocycles. The van der Waals surface area contributed by atoms with Crippen LogP contribution >= 0.6 is 27.3 Å². The predicted molar refractivity (Wildman–Crippen MR) is 74.9 cm³/mol. The molecule has 1 aromatic rings. The van der Waals surface area contributed by atoms with Crippen molar-refractivity contribution in [3.05, 3.63) is 20.8 Å². The van der Waals surface area contributed by atoms with Gasteiger partial charge in [0, 0.05) is 9.35 Å². The summed E-state index contributed by atoms with van der Waals surface area (Å²) in [5, 5.41) is 12.2. The van der Waals surface area contributed by atoms with E-state index in [1.54, 1.807) is 11.3 Å². The van der Waals surface area contributed by atoms with Gasteiger partial charge in [0.05, 0.1) is 6.10 Å². The Morgan fingerprint density at radius 1 is 1.44 bits per heavy atom. The standard InChI is InChI=1S/C13H21BrOS/c1-3-5-6-10(4-2)9-12(15)13-11(14)7-8-16-13/h7-8,10,12,15H,3-6,9H2,1-2H3. The summed E-state index contributed by atoms with van der Waals surface area (Å²) in [5.41, 5.74) is 0. The Bertz CT molecular complexity index is 298. The zero-order valence-electron chi connectivity index (χ0n) is 10.1. The highest BCUT2D eigenvalue weighted by Gasteiger charge is 2.17. The Kier molecular flexibility index (Phi) is 6.62. The van der Waals surface area contributed by atoms with Crippen molar-refractivity contribution in [1.82, 2.24) is 0 Å². The molecule has 0 saturated carbocycles. The summed E-state index contributed by atoms with van der Waals surface area (Å²) in [6.45, 7) is 4.44. The van der Waals surface area contributed by atoms with Crippen molar-refractivity contribution in [2.24, 2.45) is 5.92 Å². The van der Waals surface area contributed by atoms with Crippen LogP contribution < -0.4 is 0 Å². The Hall–Kier alpha value is 0.140. The summed E-state index contributed by atoms with van der Waals surface area (Å²) < 4.78 is 1.05. The van der Waals surface area contributed by atoms with Gasteiger partial charge in [0.1, 0.15) is 0 Å². The lowest BCUT2D eigenvalue weighted by molar-refractivity contribution is 0.142. The van der Waals surface area contributed by atoms with Gasteiger partial charge in [-0.1, -0.05) is 39.5 Å². The molecule has 0 spiro atoms. The number of aliphatic hydroxyl groups excluding tert-OH is 1. The molecule has 1 rings (SSSR count). The Morgan fingerprint density at radius 3 is 2.69 bits per heavy atom. The molecule has 1 heterocycles. The minimum Gasteiger partial charge on any atom is -0.388 e. The van der Waals surface area contributed by atoms with E-state index in [4.69, 9.17) is 0 Å². The van der Waals surface area contributed by atoms with Crippen LogP contribution in [0.25, 0.3) is 0 Å². The molecular weight excluding hydrogens is 284 g/mol. The second-order valence-corrected chi connectivity index (χ2v) is 6.10. The summed E-state index contributed by atoms with van der Waals surface area (Å²) in [6, 6.07) is 2.01. The fraction of sp³-hybridized carbons (Fsp3) is 0.692. The van der Waals surface area contributed by atoms with Crippen LogP contribution in [0.15, 0.2) is 15.9 Å². The van der Waals surface area contributed by atoms with Gasteiger partial charge in [0.2, 0.25) is 0 Å². The Balaban J connectivity index is 2.48. The number of thiophene rings is 1. The average Bonchev–Trinajstić information content (AvgIpc) is 2.70. The largest absolute Gasteiger partial charge is 0.388 e. The number of hydrogen-bond donors (Lipinski definition) is 1. The molecule has 2 atom stereocenters. The number of halogens is 1. The third-order valence-corrected chi connectivity index (χ3v) is 5.02. The zero-order valence-corrected chi connectivity index (χ0v) is 12.5. The molecule has 1 N–H and O–H groups in total. The van der Waals surface area contributed by atoms with Gasteiger partial charge >= 0.3 is 0 Å². The van der Waals surface area contributed by atoms with Crippen molar-refractivity contribution in [3.8, 4) is 0 Å². The van der Waals surface area contributed by atoms with Gasteiger partial charge in [-0.15, -0.1) is 11.3 Å². The predicted octanol–water partition coefficient (Wildman–Crippen LogP) is 5.15. The lowest BCUT2D eigenvalue weighted by Crippen LogP contribution is -2.06. The number of unbranched alkanes of at least 4 members (excludes halogenated alkanes) is 1. The van der Waals surface area contributed by atoms with E-state index in [9.17, 15) is 5.11 Å². The highest BCUT2D eigenvalue weighted by molar-refractivity contribution is 9.10. The monoisotopic (exact) mass is 304 g/mol. The molecule has 1 nitrogen and oxygen atoms in total. The van der Waals surface area contributed by atoms with Gasteiger partial charge in [-0.3, -0.25) is 0 Å². The third kappa shape index (κ3) is 4.19. The minimum atomic E-state index is -0.295. The first-order valence-electron chi connectivity index (χ1n) is 6.09. The molecule has 92 valence electrons. The van der Waals surface area contributed by atoms with Crippen LogP contribution in [0.1, 0.15) is 56.9 Å². The molecule has 0 fully saturated rings. The van der Waals surface area contributed by atoms with Crippen molar-refractivity contribution in [2.75, 3.05) is 0 Å². The Labute approximate surface area is 111 Å². The molecule has 2 unspecified atom stereocenters. The van der Waals surface area contributed by atoms with Crippen molar-refractivity contribution < 1.29 is 5.11 Å². The topological polar surface area (TPSA) is 20.2 Å². The molecule has 0 aromatic carbocycles. The smallest absolute Gasteiger partial charge is 0.0896 e. The quantitative estimate of drug-likeness (QED) is 0.738. The van der Waals surface area contributed by atoms with Crippen LogP contribution in [0.4, 0.5) is 0 Å². The molecule has 16 heavy (non-hydrogen) atoms. The van der Waals surface area contributed by atoms with Crippen LogP contribution in [-0.2, 0) is 0 Å². The lowest BCUT2D eigenvalue weighted by atomic mass is 9.93. The van der Waals surface area contributed by atoms with Gasteiger partial charge in [0.25, 0.3) is 0 Å². The SMILES string of the molecule is CCCCC(CC)CC(O)c1sccc1Br. The van der Waals surface area contributed by atoms with Crippen molar-refractivity contribution in [3.63, 3.8) is 0 Å². The van der Waals surface area contributed by atoms with Crippen LogP contribution in [0.2, 0.25) is 0 Å². The fourth-order valence-electron chi connectivity index (χ4n) is 1.95. The maximum atomic E-state index is 10.2. The molecular formula is C13H21BrOS. The first kappa shape index (κ1) is 14.2. The van der Waals surface area contributed by atoms with Gasteiger partial charge in [0.15, 0.2) is 0 Å². The first-order chi connectivity index (χ1) is 7.69. The van der Waals surface area contributed by atoms with Gasteiger partial charge in [-0.05, 0) is 39.7 Å². The van der Waals surface area contributed by atoms with E-state index in [0.717, 1.165) is 15.8 Å². The molecule has 0 aliphatic heterocycles. The van der Waals surface area contributed by atoms with E-state index in [1.165, 1.54) is 25.7 Å². The van der Waals surface area contributed by atoms with Crippen LogP contribution in [-0.4, -0.2) is 5.11 Å². The van der Waals surface area contributed by atoms with Gasteiger partial charge in [-0.25, -0.2) is 0 Å². The van der Waals surface area contributed by atoms with E-state index in [1.807, 2.05) is 11.4 Å². The molecule has 0 bridgehead atoms. The minimum absolute atomic E-state index is 0.295. The lowest BCUT2D eigenvalue weighted by Gasteiger charge is -2.18. The van der Waals surface area contributed by atoms with Crippen LogP contribution in [0.5, 0.6) is 0 Å². The van der Waals surface area contributed by atoms with E-state index in [-0.39, 0.29) is 6.10 Å². The van der Waals surface area contributed by atoms with E-state index in [0.29, 0.717) is 5.92 Å². The molecule has 0 aliphatic rings. The summed E-state index contributed by atoms with van der Waals surface area (Å²) >= 11 is 5.12. The summed E-state index contributed by atoms with van der Waals surface area (Å²) in [6.07, 6.45) is 5.53. The fourth-order valence-corrected chi connectivity index (χ4v) is 3.58. The third-order valence-electron chi connectivity index (χ3n) is 3.05. The summed E-state index contributed by atoms with van der Waals surface area (Å²) in [5.74, 6) is 0.656. The maximum Gasteiger partial charge on any atom is 0.0896 e. The highest BCUT2D eigenvalue weighted by Crippen LogP contribution is 2.34. The second-order valence-electron chi connectivity index (χ2n) is 4.30. The van der Waals surface area contributed by atoms with Crippen molar-refractivity contribution >= 4 is 27.3 Å². The Morgan fingerprint density at radius 2 is 2.19 bits per heavy atom. The molecule has 0 saturated heterocycles. The summed E-state index contributed by atoms with van der Waals surface area (Å²) in [7, 11) is 0. The second kappa shape index (κ2) is 7.46. The van der Waals surface area contributed by atoms with Crippen LogP contribution in [0, 0.1) is 5.92 Å². The summed E-state index contributed by atoms with van der Waals surface area (Å²) in [4.78, 5) is 1.08. The van der Waals surface area contributed by atoms with Crippen molar-refractivity contribution in [1.29, 1.82) is 0 Å². The zero-order chi connectivity index (χ0) is 12.0. The van der Waals surface area contributed by atoms with Gasteiger partial charge in [-0.2, -0.15) is 0 Å². The molecule has 3 heteroatoms. The average molecular weight is 305 g/mol. The van der Waals surface area contributed by atoms with E-state index in [2.05, 4.69) is 29.8 Å². The van der Waals surface area contributed by atoms with Gasteiger partial charge < -0.3 is 5.11 Å². The first-order valence-corrected chi connectivity index (χ1v) is 7.77. The number of aliphatic hydroxyl groups is 1.